The molecule has 7 nitrogen and oxygen atoms in total. The van der Waals surface area contributed by atoms with E-state index in [4.69, 9.17) is 9.47 Å². The lowest BCUT2D eigenvalue weighted by atomic mass is 9.98. The number of carbonyl (C=O) groups excluding carboxylic acids is 3. The van der Waals surface area contributed by atoms with Gasteiger partial charge in [-0.1, -0.05) is 61.2 Å². The molecule has 0 fully saturated rings. The number of esters is 1. The van der Waals surface area contributed by atoms with Gasteiger partial charge in [-0.3, -0.25) is 4.79 Å². The van der Waals surface area contributed by atoms with Crippen molar-refractivity contribution in [2.45, 2.75) is 24.8 Å². The Hall–Kier alpha value is -3.61. The second-order valence-electron chi connectivity index (χ2n) is 6.85. The van der Waals surface area contributed by atoms with Gasteiger partial charge in [0.2, 0.25) is 0 Å². The van der Waals surface area contributed by atoms with Gasteiger partial charge in [-0.05, 0) is 28.7 Å². The second-order valence-corrected chi connectivity index (χ2v) is 6.85. The summed E-state index contributed by atoms with van der Waals surface area (Å²) in [7, 11) is 0. The third-order valence-corrected chi connectivity index (χ3v) is 4.92. The Morgan fingerprint density at radius 1 is 1.03 bits per heavy atom. The van der Waals surface area contributed by atoms with Crippen LogP contribution in [-0.2, 0) is 19.1 Å². The van der Waals surface area contributed by atoms with Crippen LogP contribution in [-0.4, -0.2) is 37.3 Å². The van der Waals surface area contributed by atoms with E-state index >= 15 is 0 Å². The van der Waals surface area contributed by atoms with Gasteiger partial charge in [-0.15, -0.1) is 0 Å². The van der Waals surface area contributed by atoms with Crippen LogP contribution in [0.4, 0.5) is 4.79 Å². The van der Waals surface area contributed by atoms with Crippen LogP contribution < -0.4 is 10.4 Å². The van der Waals surface area contributed by atoms with Crippen molar-refractivity contribution in [2.24, 2.45) is 0 Å². The van der Waals surface area contributed by atoms with Crippen LogP contribution in [0.2, 0.25) is 0 Å². The number of alkyl carbamates (subject to hydrolysis) is 1. The van der Waals surface area contributed by atoms with Gasteiger partial charge in [0, 0.05) is 12.3 Å². The molecule has 1 atom stereocenters. The summed E-state index contributed by atoms with van der Waals surface area (Å²) in [5, 5.41) is 13.5. The number of carboxylic acids is 1. The van der Waals surface area contributed by atoms with Crippen molar-refractivity contribution in [3.8, 4) is 11.1 Å². The molecule has 1 aliphatic carbocycles. The number of hydrogen-bond acceptors (Lipinski definition) is 6. The predicted octanol–water partition coefficient (Wildman–Crippen LogP) is 2.15. The van der Waals surface area contributed by atoms with E-state index in [9.17, 15) is 19.5 Å². The summed E-state index contributed by atoms with van der Waals surface area (Å²) < 4.78 is 10.1. The van der Waals surface area contributed by atoms with E-state index in [1.165, 1.54) is 6.08 Å². The van der Waals surface area contributed by atoms with E-state index < -0.39 is 24.1 Å². The van der Waals surface area contributed by atoms with Crippen molar-refractivity contribution >= 4 is 18.0 Å². The second kappa shape index (κ2) is 9.73. The van der Waals surface area contributed by atoms with Crippen LogP contribution in [0.5, 0.6) is 0 Å². The van der Waals surface area contributed by atoms with Crippen molar-refractivity contribution in [1.29, 1.82) is 0 Å². The van der Waals surface area contributed by atoms with E-state index in [2.05, 4.69) is 11.9 Å². The standard InChI is InChI=1S/C23H23NO6/c1-2-13-29-21(25)12-11-20(22(26)27)24-23(28)30-14-19-17-9-5-3-7-15(17)16-8-4-6-10-18(16)19/h2-10,19-20H,1,11-14H2,(H,24,28)(H,26,27)/p-1/t20-/m0/s1. The summed E-state index contributed by atoms with van der Waals surface area (Å²) in [4.78, 5) is 35.0. The number of hydrogen-bond donors (Lipinski definition) is 1. The quantitative estimate of drug-likeness (QED) is 0.504. The maximum absolute atomic E-state index is 12.2. The van der Waals surface area contributed by atoms with Crippen LogP contribution in [0.25, 0.3) is 11.1 Å². The van der Waals surface area contributed by atoms with Crippen LogP contribution in [0.15, 0.2) is 61.2 Å². The predicted molar refractivity (Wildman–Crippen MR) is 107 cm³/mol. The fraction of sp³-hybridized carbons (Fsp3) is 0.261. The van der Waals surface area contributed by atoms with Crippen molar-refractivity contribution in [3.63, 3.8) is 0 Å². The first-order chi connectivity index (χ1) is 14.5. The lowest BCUT2D eigenvalue weighted by Gasteiger charge is -2.20. The number of carbonyl (C=O) groups is 3. The summed E-state index contributed by atoms with van der Waals surface area (Å²) in [5.41, 5.74) is 4.28. The smallest absolute Gasteiger partial charge is 0.407 e. The van der Waals surface area contributed by atoms with Gasteiger partial charge in [-0.25, -0.2) is 4.79 Å². The summed E-state index contributed by atoms with van der Waals surface area (Å²) in [6.45, 7) is 3.51. The fourth-order valence-corrected chi connectivity index (χ4v) is 3.52. The van der Waals surface area contributed by atoms with Crippen molar-refractivity contribution in [3.05, 3.63) is 72.3 Å². The number of benzene rings is 2. The average molecular weight is 408 g/mol. The Morgan fingerprint density at radius 2 is 1.63 bits per heavy atom. The molecule has 2 aromatic rings. The van der Waals surface area contributed by atoms with E-state index in [-0.39, 0.29) is 32.0 Å². The van der Waals surface area contributed by atoms with Gasteiger partial charge < -0.3 is 24.7 Å². The largest absolute Gasteiger partial charge is 0.548 e. The normalized spacial score (nSPS) is 12.9. The topological polar surface area (TPSA) is 105 Å². The maximum Gasteiger partial charge on any atom is 0.407 e. The number of ether oxygens (including phenoxy) is 2. The fourth-order valence-electron chi connectivity index (χ4n) is 3.52. The minimum Gasteiger partial charge on any atom is -0.548 e. The van der Waals surface area contributed by atoms with Gasteiger partial charge in [0.15, 0.2) is 0 Å². The summed E-state index contributed by atoms with van der Waals surface area (Å²) in [5.74, 6) is -2.23. The Morgan fingerprint density at radius 3 is 2.20 bits per heavy atom. The van der Waals surface area contributed by atoms with E-state index in [0.29, 0.717) is 0 Å². The molecule has 0 radical (unpaired) electrons. The number of rotatable bonds is 9. The van der Waals surface area contributed by atoms with Crippen molar-refractivity contribution < 1.29 is 29.0 Å². The minimum absolute atomic E-state index is 0.0363. The molecule has 0 heterocycles. The molecule has 7 heteroatoms. The maximum atomic E-state index is 12.2. The highest BCUT2D eigenvalue weighted by atomic mass is 16.5. The zero-order chi connectivity index (χ0) is 21.5. The van der Waals surface area contributed by atoms with Gasteiger partial charge >= 0.3 is 12.1 Å². The van der Waals surface area contributed by atoms with Crippen LogP contribution in [0.3, 0.4) is 0 Å². The molecule has 0 spiro atoms. The molecular formula is C23H22NO6-. The molecule has 3 rings (SSSR count). The third-order valence-electron chi connectivity index (χ3n) is 4.92. The molecule has 0 unspecified atom stereocenters. The molecule has 1 amide bonds. The third kappa shape index (κ3) is 4.86. The number of nitrogens with one attached hydrogen (secondary N) is 1. The Labute approximate surface area is 174 Å². The van der Waals surface area contributed by atoms with Crippen molar-refractivity contribution in [2.75, 3.05) is 13.2 Å². The van der Waals surface area contributed by atoms with E-state index in [1.807, 2.05) is 48.5 Å². The molecule has 0 saturated carbocycles. The first-order valence-electron chi connectivity index (χ1n) is 9.60. The Balaban J connectivity index is 1.59. The SMILES string of the molecule is C=CCOC(=O)CC[C@H](NC(=O)OCC1c2ccccc2-c2ccccc21)C(=O)[O-]. The number of aliphatic carboxylic acids is 1. The molecular weight excluding hydrogens is 386 g/mol. The summed E-state index contributed by atoms with van der Waals surface area (Å²) in [6, 6.07) is 14.4. The first-order valence-corrected chi connectivity index (χ1v) is 9.60. The monoisotopic (exact) mass is 408 g/mol. The lowest BCUT2D eigenvalue weighted by Crippen LogP contribution is -2.48. The highest BCUT2D eigenvalue weighted by Gasteiger charge is 2.29. The van der Waals surface area contributed by atoms with Crippen molar-refractivity contribution in [1.82, 2.24) is 5.32 Å². The van der Waals surface area contributed by atoms with Gasteiger partial charge in [0.1, 0.15) is 13.2 Å². The molecule has 156 valence electrons. The first kappa shape index (κ1) is 21.1. The zero-order valence-corrected chi connectivity index (χ0v) is 16.3. The zero-order valence-electron chi connectivity index (χ0n) is 16.3. The number of fused-ring (bicyclic) bond motifs is 3. The highest BCUT2D eigenvalue weighted by Crippen LogP contribution is 2.44. The van der Waals surface area contributed by atoms with Crippen LogP contribution in [0, 0.1) is 0 Å². The molecule has 1 aliphatic rings. The number of carboxylic acid groups (broad SMARTS) is 1. The molecule has 30 heavy (non-hydrogen) atoms. The summed E-state index contributed by atoms with van der Waals surface area (Å²) >= 11 is 0. The highest BCUT2D eigenvalue weighted by molar-refractivity contribution is 5.81. The average Bonchev–Trinajstić information content (AvgIpc) is 3.07. The molecule has 0 saturated heterocycles. The molecule has 2 aromatic carbocycles. The lowest BCUT2D eigenvalue weighted by molar-refractivity contribution is -0.308. The molecule has 0 bridgehead atoms. The Kier molecular flexibility index (Phi) is 6.85. The Bertz CT molecular complexity index is 909. The van der Waals surface area contributed by atoms with E-state index in [0.717, 1.165) is 22.3 Å². The summed E-state index contributed by atoms with van der Waals surface area (Å²) in [6.07, 6.45) is 0.173. The molecule has 0 aromatic heterocycles. The molecule has 1 N–H and O–H groups in total. The number of amides is 1. The molecule has 0 aliphatic heterocycles. The van der Waals surface area contributed by atoms with Crippen LogP contribution in [0.1, 0.15) is 29.9 Å². The van der Waals surface area contributed by atoms with Crippen LogP contribution >= 0.6 is 0 Å². The van der Waals surface area contributed by atoms with E-state index in [1.54, 1.807) is 0 Å². The minimum atomic E-state index is -1.50. The van der Waals surface area contributed by atoms with Gasteiger partial charge in [0.25, 0.3) is 0 Å². The van der Waals surface area contributed by atoms with Gasteiger partial charge in [0.05, 0.1) is 12.0 Å². The van der Waals surface area contributed by atoms with Gasteiger partial charge in [-0.2, -0.15) is 0 Å².